The van der Waals surface area contributed by atoms with Gasteiger partial charge in [-0.05, 0) is 24.6 Å². The van der Waals surface area contributed by atoms with Gasteiger partial charge in [-0.3, -0.25) is 9.59 Å². The van der Waals surface area contributed by atoms with E-state index in [1.54, 1.807) is 18.3 Å². The van der Waals surface area contributed by atoms with Crippen molar-refractivity contribution in [2.75, 3.05) is 5.32 Å². The van der Waals surface area contributed by atoms with Crippen LogP contribution in [0.25, 0.3) is 21.3 Å². The summed E-state index contributed by atoms with van der Waals surface area (Å²) in [6.07, 6.45) is 1.63. The third-order valence-electron chi connectivity index (χ3n) is 4.33. The van der Waals surface area contributed by atoms with Crippen LogP contribution < -0.4 is 10.9 Å². The monoisotopic (exact) mass is 422 g/mol. The second-order valence-electron chi connectivity index (χ2n) is 6.37. The second kappa shape index (κ2) is 8.59. The summed E-state index contributed by atoms with van der Waals surface area (Å²) in [5.41, 5.74) is 1.73. The summed E-state index contributed by atoms with van der Waals surface area (Å²) in [4.78, 5) is 37.3. The number of carbonyl (C=O) groups excluding carboxylic acids is 1. The van der Waals surface area contributed by atoms with E-state index >= 15 is 0 Å². The van der Waals surface area contributed by atoms with Crippen LogP contribution in [0.1, 0.15) is 12.7 Å². The number of fused-ring (bicyclic) bond motifs is 1. The average Bonchev–Trinajstić information content (AvgIpc) is 3.18. The zero-order valence-electron chi connectivity index (χ0n) is 15.6. The fourth-order valence-corrected chi connectivity index (χ4v) is 4.56. The minimum atomic E-state index is -0.318. The lowest BCUT2D eigenvalue weighted by Gasteiger charge is -2.11. The molecule has 0 saturated heterocycles. The Hall–Kier alpha value is -2.97. The largest absolute Gasteiger partial charge is 0.310 e. The number of benzene rings is 1. The number of hydrogen-bond acceptors (Lipinski definition) is 6. The highest BCUT2D eigenvalue weighted by Crippen LogP contribution is 2.30. The van der Waals surface area contributed by atoms with E-state index in [1.807, 2.05) is 48.7 Å². The van der Waals surface area contributed by atoms with Gasteiger partial charge in [0.15, 0.2) is 0 Å². The smallest absolute Gasteiger partial charge is 0.260 e. The Bertz CT molecular complexity index is 1190. The molecule has 0 aliphatic carbocycles. The van der Waals surface area contributed by atoms with E-state index in [4.69, 9.17) is 0 Å². The molecule has 0 aliphatic rings. The summed E-state index contributed by atoms with van der Waals surface area (Å²) in [6.45, 7) is 1.82. The number of nitrogens with one attached hydrogen (secondary N) is 2. The van der Waals surface area contributed by atoms with Crippen molar-refractivity contribution in [2.24, 2.45) is 0 Å². The van der Waals surface area contributed by atoms with Crippen LogP contribution >= 0.6 is 23.1 Å². The number of amides is 1. The Morgan fingerprint density at radius 3 is 2.76 bits per heavy atom. The molecular formula is C21H18N4O2S2. The van der Waals surface area contributed by atoms with E-state index in [9.17, 15) is 9.59 Å². The molecule has 8 heteroatoms. The highest BCUT2D eigenvalue weighted by molar-refractivity contribution is 7.99. The molecule has 4 aromatic rings. The van der Waals surface area contributed by atoms with Crippen LogP contribution in [-0.4, -0.2) is 26.1 Å². The topological polar surface area (TPSA) is 87.7 Å². The lowest BCUT2D eigenvalue weighted by molar-refractivity contribution is -0.115. The lowest BCUT2D eigenvalue weighted by atomic mass is 10.1. The van der Waals surface area contributed by atoms with Gasteiger partial charge in [-0.2, -0.15) is 0 Å². The normalized spacial score (nSPS) is 12.0. The van der Waals surface area contributed by atoms with Gasteiger partial charge in [0.25, 0.3) is 5.56 Å². The minimum absolute atomic E-state index is 0.139. The maximum Gasteiger partial charge on any atom is 0.260 e. The number of pyridine rings is 1. The van der Waals surface area contributed by atoms with Crippen molar-refractivity contribution in [1.82, 2.24) is 15.0 Å². The molecule has 6 nitrogen and oxygen atoms in total. The zero-order valence-corrected chi connectivity index (χ0v) is 17.2. The highest BCUT2D eigenvalue weighted by Gasteiger charge is 2.16. The van der Waals surface area contributed by atoms with E-state index in [1.165, 1.54) is 23.1 Å². The lowest BCUT2D eigenvalue weighted by Crippen LogP contribution is -2.23. The van der Waals surface area contributed by atoms with Gasteiger partial charge in [-0.15, -0.1) is 23.1 Å². The first-order chi connectivity index (χ1) is 14.1. The molecule has 1 atom stereocenters. The predicted molar refractivity (Wildman–Crippen MR) is 119 cm³/mol. The van der Waals surface area contributed by atoms with E-state index in [-0.39, 0.29) is 16.7 Å². The number of aromatic nitrogens is 3. The van der Waals surface area contributed by atoms with Crippen LogP contribution in [0.3, 0.4) is 0 Å². The van der Waals surface area contributed by atoms with Gasteiger partial charge in [-0.1, -0.05) is 36.4 Å². The minimum Gasteiger partial charge on any atom is -0.310 e. The molecule has 4 rings (SSSR count). The number of anilines is 1. The Balaban J connectivity index is 1.48. The number of aromatic amines is 1. The maximum atomic E-state index is 12.7. The number of carbonyl (C=O) groups is 1. The van der Waals surface area contributed by atoms with Crippen molar-refractivity contribution >= 4 is 45.0 Å². The first kappa shape index (κ1) is 19.4. The van der Waals surface area contributed by atoms with Crippen LogP contribution in [0.2, 0.25) is 0 Å². The van der Waals surface area contributed by atoms with Crippen LogP contribution in [0, 0.1) is 0 Å². The highest BCUT2D eigenvalue weighted by atomic mass is 32.2. The van der Waals surface area contributed by atoms with Gasteiger partial charge >= 0.3 is 0 Å². The third-order valence-corrected chi connectivity index (χ3v) is 6.36. The molecule has 1 unspecified atom stereocenters. The number of nitrogens with zero attached hydrogens (tertiary/aromatic N) is 2. The summed E-state index contributed by atoms with van der Waals surface area (Å²) < 4.78 is 0. The summed E-state index contributed by atoms with van der Waals surface area (Å²) in [6, 6.07) is 15.1. The molecule has 1 amide bonds. The predicted octanol–water partition coefficient (Wildman–Crippen LogP) is 4.31. The SMILES string of the molecule is CC(SCc1nc2scc(-c3ccccc3)c2c(=O)[nH]1)C(=O)Nc1ccccn1. The Kier molecular flexibility index (Phi) is 5.73. The van der Waals surface area contributed by atoms with Crippen LogP contribution in [0.4, 0.5) is 5.82 Å². The number of hydrogen-bond donors (Lipinski definition) is 2. The van der Waals surface area contributed by atoms with Gasteiger partial charge in [0.1, 0.15) is 16.5 Å². The quantitative estimate of drug-likeness (QED) is 0.483. The van der Waals surface area contributed by atoms with Crippen LogP contribution in [0.5, 0.6) is 0 Å². The van der Waals surface area contributed by atoms with Gasteiger partial charge in [0, 0.05) is 17.1 Å². The van der Waals surface area contributed by atoms with Crippen molar-refractivity contribution in [1.29, 1.82) is 0 Å². The van der Waals surface area contributed by atoms with Gasteiger partial charge < -0.3 is 10.3 Å². The second-order valence-corrected chi connectivity index (χ2v) is 8.55. The molecule has 29 heavy (non-hydrogen) atoms. The molecule has 1 aromatic carbocycles. The van der Waals surface area contributed by atoms with Crippen molar-refractivity contribution < 1.29 is 4.79 Å². The summed E-state index contributed by atoms with van der Waals surface area (Å²) in [7, 11) is 0. The Morgan fingerprint density at radius 1 is 1.21 bits per heavy atom. The van der Waals surface area contributed by atoms with E-state index in [0.717, 1.165) is 11.1 Å². The molecule has 3 heterocycles. The number of thiophene rings is 1. The van der Waals surface area contributed by atoms with Crippen molar-refractivity contribution in [3.63, 3.8) is 0 Å². The standard InChI is InChI=1S/C21H18N4O2S2/c1-13(19(26)23-16-9-5-6-10-22-16)28-12-17-24-20(27)18-15(11-29-21(18)25-17)14-7-3-2-4-8-14/h2-11,13H,12H2,1H3,(H,22,23,26)(H,24,25,27). The summed E-state index contributed by atoms with van der Waals surface area (Å²) in [5.74, 6) is 1.37. The fraction of sp³-hybridized carbons (Fsp3) is 0.143. The average molecular weight is 423 g/mol. The molecule has 0 saturated carbocycles. The van der Waals surface area contributed by atoms with E-state index < -0.39 is 0 Å². The zero-order chi connectivity index (χ0) is 20.2. The number of H-pyrrole nitrogens is 1. The molecule has 0 bridgehead atoms. The van der Waals surface area contributed by atoms with Crippen molar-refractivity contribution in [3.8, 4) is 11.1 Å². The fourth-order valence-electron chi connectivity index (χ4n) is 2.84. The van der Waals surface area contributed by atoms with Crippen molar-refractivity contribution in [3.05, 3.63) is 76.3 Å². The Labute approximate surface area is 175 Å². The van der Waals surface area contributed by atoms with E-state index in [2.05, 4.69) is 20.3 Å². The molecule has 0 aliphatic heterocycles. The van der Waals surface area contributed by atoms with Gasteiger partial charge in [-0.25, -0.2) is 9.97 Å². The molecule has 0 fully saturated rings. The molecule has 146 valence electrons. The van der Waals surface area contributed by atoms with Crippen molar-refractivity contribution in [2.45, 2.75) is 17.9 Å². The third kappa shape index (κ3) is 4.38. The summed E-state index contributed by atoms with van der Waals surface area (Å²) in [5, 5.41) is 5.03. The molecule has 3 aromatic heterocycles. The first-order valence-electron chi connectivity index (χ1n) is 9.01. The number of rotatable bonds is 6. The molecule has 0 radical (unpaired) electrons. The Morgan fingerprint density at radius 2 is 2.00 bits per heavy atom. The van der Waals surface area contributed by atoms with E-state index in [0.29, 0.717) is 27.6 Å². The molecule has 2 N–H and O–H groups in total. The number of thioether (sulfide) groups is 1. The molecule has 0 spiro atoms. The maximum absolute atomic E-state index is 12.7. The van der Waals surface area contributed by atoms with Gasteiger partial charge in [0.2, 0.25) is 5.91 Å². The van der Waals surface area contributed by atoms with Gasteiger partial charge in [0.05, 0.1) is 16.4 Å². The molecular weight excluding hydrogens is 404 g/mol. The summed E-state index contributed by atoms with van der Waals surface area (Å²) >= 11 is 2.86. The van der Waals surface area contributed by atoms with Crippen LogP contribution in [-0.2, 0) is 10.5 Å². The van der Waals surface area contributed by atoms with Crippen LogP contribution in [0.15, 0.2) is 64.9 Å². The first-order valence-corrected chi connectivity index (χ1v) is 10.9.